The largest absolute Gasteiger partial charge is 0.464 e. The Hall–Kier alpha value is -1.32. The van der Waals surface area contributed by atoms with Gasteiger partial charge in [0.15, 0.2) is 0 Å². The number of aliphatic hydroxyl groups excluding tert-OH is 1. The van der Waals surface area contributed by atoms with E-state index in [9.17, 15) is 5.11 Å². The summed E-state index contributed by atoms with van der Waals surface area (Å²) in [5.41, 5.74) is 2.13. The van der Waals surface area contributed by atoms with E-state index >= 15 is 0 Å². The number of hydrogen-bond acceptors (Lipinski definition) is 3. The molecule has 1 aromatic carbocycles. The quantitative estimate of drug-likeness (QED) is 0.825. The van der Waals surface area contributed by atoms with Crippen molar-refractivity contribution in [3.63, 3.8) is 0 Å². The minimum absolute atomic E-state index is 0.225. The van der Waals surface area contributed by atoms with Gasteiger partial charge in [0.05, 0.1) is 12.4 Å². The van der Waals surface area contributed by atoms with Gasteiger partial charge in [-0.15, -0.1) is 0 Å². The Morgan fingerprint density at radius 2 is 2.06 bits per heavy atom. The lowest BCUT2D eigenvalue weighted by Gasteiger charge is -2.13. The average Bonchev–Trinajstić information content (AvgIpc) is 2.72. The summed E-state index contributed by atoms with van der Waals surface area (Å²) in [5.74, 6) is 0.475. The van der Waals surface area contributed by atoms with Gasteiger partial charge in [-0.2, -0.15) is 0 Å². The molecule has 0 saturated carbocycles. The van der Waals surface area contributed by atoms with Crippen molar-refractivity contribution in [1.82, 2.24) is 5.32 Å². The first kappa shape index (κ1) is 13.1. The van der Waals surface area contributed by atoms with Crippen LogP contribution in [0.1, 0.15) is 25.8 Å². The second kappa shape index (κ2) is 6.03. The Morgan fingerprint density at radius 1 is 1.28 bits per heavy atom. The van der Waals surface area contributed by atoms with E-state index in [0.29, 0.717) is 5.92 Å². The van der Waals surface area contributed by atoms with Gasteiger partial charge < -0.3 is 14.8 Å². The first-order chi connectivity index (χ1) is 8.66. The Balaban J connectivity index is 1.87. The maximum atomic E-state index is 9.30. The van der Waals surface area contributed by atoms with Gasteiger partial charge in [-0.3, -0.25) is 0 Å². The van der Waals surface area contributed by atoms with Crippen LogP contribution < -0.4 is 5.32 Å². The molecule has 0 spiro atoms. The highest BCUT2D eigenvalue weighted by atomic mass is 16.3. The fraction of sp³-hybridized carbons (Fsp3) is 0.467. The number of aliphatic hydroxyl groups is 1. The molecular weight excluding hydrogens is 226 g/mol. The summed E-state index contributed by atoms with van der Waals surface area (Å²) in [4.78, 5) is 0. The summed E-state index contributed by atoms with van der Waals surface area (Å²) in [7, 11) is 0. The van der Waals surface area contributed by atoms with Crippen molar-refractivity contribution in [2.45, 2.75) is 32.9 Å². The maximum absolute atomic E-state index is 9.30. The van der Waals surface area contributed by atoms with Gasteiger partial charge in [0, 0.05) is 17.5 Å². The summed E-state index contributed by atoms with van der Waals surface area (Å²) >= 11 is 0. The second-order valence-electron chi connectivity index (χ2n) is 5.08. The molecule has 2 aromatic rings. The molecule has 0 bridgehead atoms. The first-order valence-electron chi connectivity index (χ1n) is 6.50. The third-order valence-corrected chi connectivity index (χ3v) is 3.11. The van der Waals surface area contributed by atoms with Crippen molar-refractivity contribution >= 4 is 11.0 Å². The molecule has 0 aliphatic heterocycles. The Morgan fingerprint density at radius 3 is 2.83 bits per heavy atom. The molecule has 2 N–H and O–H groups in total. The van der Waals surface area contributed by atoms with Crippen molar-refractivity contribution in [2.75, 3.05) is 6.54 Å². The predicted molar refractivity (Wildman–Crippen MR) is 73.4 cm³/mol. The lowest BCUT2D eigenvalue weighted by atomic mass is 10.0. The van der Waals surface area contributed by atoms with Crippen LogP contribution in [0.15, 0.2) is 34.9 Å². The summed E-state index contributed by atoms with van der Waals surface area (Å²) in [5, 5.41) is 13.9. The van der Waals surface area contributed by atoms with E-state index in [1.54, 1.807) is 0 Å². The third-order valence-electron chi connectivity index (χ3n) is 3.11. The smallest absolute Gasteiger partial charge is 0.134 e. The number of rotatable bonds is 6. The molecule has 98 valence electrons. The number of fused-ring (bicyclic) bond motifs is 1. The van der Waals surface area contributed by atoms with Gasteiger partial charge >= 0.3 is 0 Å². The van der Waals surface area contributed by atoms with Crippen LogP contribution >= 0.6 is 0 Å². The molecular formula is C15H21NO2. The van der Waals surface area contributed by atoms with Gasteiger partial charge in [0.1, 0.15) is 5.58 Å². The molecule has 0 radical (unpaired) electrons. The van der Waals surface area contributed by atoms with E-state index in [1.807, 2.05) is 31.4 Å². The fourth-order valence-corrected chi connectivity index (χ4v) is 2.29. The molecule has 0 aliphatic carbocycles. The van der Waals surface area contributed by atoms with Crippen molar-refractivity contribution in [2.24, 2.45) is 5.92 Å². The molecule has 0 saturated heterocycles. The summed E-state index contributed by atoms with van der Waals surface area (Å²) < 4.78 is 5.49. The summed E-state index contributed by atoms with van der Waals surface area (Å²) in [6, 6.07) is 8.06. The zero-order valence-corrected chi connectivity index (χ0v) is 11.0. The van der Waals surface area contributed by atoms with Crippen molar-refractivity contribution in [3.05, 3.63) is 36.1 Å². The molecule has 2 unspecified atom stereocenters. The zero-order chi connectivity index (χ0) is 13.0. The average molecular weight is 247 g/mol. The van der Waals surface area contributed by atoms with Crippen LogP contribution in [0.4, 0.5) is 0 Å². The van der Waals surface area contributed by atoms with Crippen molar-refractivity contribution in [1.29, 1.82) is 0 Å². The van der Waals surface area contributed by atoms with Crippen LogP contribution in [0.5, 0.6) is 0 Å². The molecule has 2 atom stereocenters. The van der Waals surface area contributed by atoms with Crippen LogP contribution in [0.25, 0.3) is 11.0 Å². The molecule has 0 fully saturated rings. The van der Waals surface area contributed by atoms with Gasteiger partial charge in [-0.1, -0.05) is 25.1 Å². The van der Waals surface area contributed by atoms with Crippen LogP contribution in [0.2, 0.25) is 0 Å². The number of para-hydroxylation sites is 1. The molecule has 2 rings (SSSR count). The van der Waals surface area contributed by atoms with E-state index < -0.39 is 0 Å². The highest BCUT2D eigenvalue weighted by Gasteiger charge is 2.07. The molecule has 3 heteroatoms. The predicted octanol–water partition coefficient (Wildman–Crippen LogP) is 2.93. The van der Waals surface area contributed by atoms with Gasteiger partial charge in [-0.05, 0) is 31.9 Å². The summed E-state index contributed by atoms with van der Waals surface area (Å²) in [6.45, 7) is 5.69. The Labute approximate surface area is 108 Å². The Kier molecular flexibility index (Phi) is 4.39. The molecule has 3 nitrogen and oxygen atoms in total. The standard InChI is InChI=1S/C15H21NO2/c1-11(7-12(2)17)8-16-9-13-10-18-15-6-4-3-5-14(13)15/h3-6,10-12,16-17H,7-9H2,1-2H3. The van der Waals surface area contributed by atoms with E-state index in [0.717, 1.165) is 25.1 Å². The molecule has 1 aromatic heterocycles. The van der Waals surface area contributed by atoms with Crippen LogP contribution in [0.3, 0.4) is 0 Å². The van der Waals surface area contributed by atoms with Crippen molar-refractivity contribution in [3.8, 4) is 0 Å². The lowest BCUT2D eigenvalue weighted by Crippen LogP contribution is -2.23. The van der Waals surface area contributed by atoms with Gasteiger partial charge in [0.2, 0.25) is 0 Å². The highest BCUT2D eigenvalue weighted by Crippen LogP contribution is 2.20. The minimum Gasteiger partial charge on any atom is -0.464 e. The summed E-state index contributed by atoms with van der Waals surface area (Å²) in [6.07, 6.45) is 2.42. The third kappa shape index (κ3) is 3.34. The first-order valence-corrected chi connectivity index (χ1v) is 6.50. The normalized spacial score (nSPS) is 14.8. The minimum atomic E-state index is -0.225. The van der Waals surface area contributed by atoms with E-state index in [2.05, 4.69) is 18.3 Å². The SMILES string of the molecule is CC(O)CC(C)CNCc1coc2ccccc12. The Bertz CT molecular complexity index is 490. The van der Waals surface area contributed by atoms with Crippen LogP contribution in [-0.2, 0) is 6.54 Å². The topological polar surface area (TPSA) is 45.4 Å². The number of furan rings is 1. The molecule has 18 heavy (non-hydrogen) atoms. The van der Waals surface area contributed by atoms with Gasteiger partial charge in [0.25, 0.3) is 0 Å². The highest BCUT2D eigenvalue weighted by molar-refractivity contribution is 5.80. The van der Waals surface area contributed by atoms with Crippen molar-refractivity contribution < 1.29 is 9.52 Å². The van der Waals surface area contributed by atoms with Gasteiger partial charge in [-0.25, -0.2) is 0 Å². The molecule has 1 heterocycles. The van der Waals surface area contributed by atoms with Crippen LogP contribution in [0, 0.1) is 5.92 Å². The van der Waals surface area contributed by atoms with E-state index in [1.165, 1.54) is 10.9 Å². The number of hydrogen-bond donors (Lipinski definition) is 2. The fourth-order valence-electron chi connectivity index (χ4n) is 2.29. The number of benzene rings is 1. The van der Waals surface area contributed by atoms with E-state index in [-0.39, 0.29) is 6.10 Å². The molecule has 0 amide bonds. The second-order valence-corrected chi connectivity index (χ2v) is 5.08. The maximum Gasteiger partial charge on any atom is 0.134 e. The molecule has 0 aliphatic rings. The lowest BCUT2D eigenvalue weighted by molar-refractivity contribution is 0.163. The zero-order valence-electron chi connectivity index (χ0n) is 11.0. The number of nitrogens with one attached hydrogen (secondary N) is 1. The monoisotopic (exact) mass is 247 g/mol. The van der Waals surface area contributed by atoms with E-state index in [4.69, 9.17) is 4.42 Å². The van der Waals surface area contributed by atoms with Crippen LogP contribution in [-0.4, -0.2) is 17.8 Å².